The van der Waals surface area contributed by atoms with Gasteiger partial charge in [-0.25, -0.2) is 4.98 Å². The summed E-state index contributed by atoms with van der Waals surface area (Å²) < 4.78 is 0. The molecule has 2 N–H and O–H groups in total. The normalized spacial score (nSPS) is 25.2. The van der Waals surface area contributed by atoms with Gasteiger partial charge in [0.15, 0.2) is 0 Å². The predicted octanol–water partition coefficient (Wildman–Crippen LogP) is 1.22. The molecule has 2 fully saturated rings. The molecule has 3 heterocycles. The molecule has 1 amide bonds. The molecule has 0 aliphatic carbocycles. The number of hydrogen-bond donors (Lipinski definition) is 2. The number of carbonyl (C=O) groups excluding carboxylic acids is 1. The summed E-state index contributed by atoms with van der Waals surface area (Å²) in [5.41, 5.74) is 0.853. The molecule has 0 spiro atoms. The lowest BCUT2D eigenvalue weighted by Crippen LogP contribution is -2.37. The average molecular weight is 347 g/mol. The summed E-state index contributed by atoms with van der Waals surface area (Å²) >= 11 is 0. The van der Waals surface area contributed by atoms with E-state index in [2.05, 4.69) is 27.4 Å². The number of fused-ring (bicyclic) bond motifs is 1. The molecular formula is C17H19ClN4O2. The number of carbonyl (C=O) groups is 1. The van der Waals surface area contributed by atoms with Gasteiger partial charge >= 0.3 is 0 Å². The van der Waals surface area contributed by atoms with Gasteiger partial charge in [-0.05, 0) is 11.5 Å². The molecule has 0 unspecified atom stereocenters. The zero-order chi connectivity index (χ0) is 15.8. The lowest BCUT2D eigenvalue weighted by atomic mass is 9.89. The van der Waals surface area contributed by atoms with Crippen LogP contribution in [0.4, 0.5) is 0 Å². The van der Waals surface area contributed by atoms with Crippen LogP contribution in [0.2, 0.25) is 0 Å². The van der Waals surface area contributed by atoms with E-state index in [0.717, 1.165) is 18.7 Å². The van der Waals surface area contributed by atoms with Gasteiger partial charge in [0.2, 0.25) is 0 Å². The van der Waals surface area contributed by atoms with Crippen LogP contribution in [-0.2, 0) is 0 Å². The van der Waals surface area contributed by atoms with E-state index >= 15 is 0 Å². The molecule has 126 valence electrons. The first-order valence-electron chi connectivity index (χ1n) is 7.85. The maximum Gasteiger partial charge on any atom is 0.263 e. The van der Waals surface area contributed by atoms with Crippen molar-refractivity contribution in [2.45, 2.75) is 6.04 Å². The Morgan fingerprint density at radius 1 is 1.21 bits per heavy atom. The molecule has 0 saturated carbocycles. The standard InChI is InChI=1S/C17H18N4O2.ClH/c22-16-14(8-19-10-20-16)17(23)21-9-12-6-18-7-13(12)15(21)11-4-2-1-3-5-11;/h1-5,8,10,12-13,15,18H,6-7,9H2,(H,19,20,22);1H/t12-,13-,15+;/m0./s1. The highest BCUT2D eigenvalue weighted by atomic mass is 35.5. The van der Waals surface area contributed by atoms with Crippen molar-refractivity contribution >= 4 is 18.3 Å². The highest BCUT2D eigenvalue weighted by molar-refractivity contribution is 5.94. The van der Waals surface area contributed by atoms with Crippen molar-refractivity contribution < 1.29 is 4.79 Å². The largest absolute Gasteiger partial charge is 0.331 e. The minimum atomic E-state index is -0.382. The van der Waals surface area contributed by atoms with Crippen molar-refractivity contribution in [2.75, 3.05) is 19.6 Å². The van der Waals surface area contributed by atoms with E-state index in [1.807, 2.05) is 23.1 Å². The highest BCUT2D eigenvalue weighted by Crippen LogP contribution is 2.42. The van der Waals surface area contributed by atoms with Crippen LogP contribution < -0.4 is 10.9 Å². The van der Waals surface area contributed by atoms with Gasteiger partial charge in [0.05, 0.1) is 12.4 Å². The fourth-order valence-corrected chi connectivity index (χ4v) is 3.86. The summed E-state index contributed by atoms with van der Waals surface area (Å²) in [5.74, 6) is 0.583. The topological polar surface area (TPSA) is 78.1 Å². The van der Waals surface area contributed by atoms with Gasteiger partial charge in [-0.1, -0.05) is 30.3 Å². The fraction of sp³-hybridized carbons (Fsp3) is 0.353. The number of nitrogens with one attached hydrogen (secondary N) is 2. The minimum absolute atomic E-state index is 0. The van der Waals surface area contributed by atoms with Crippen LogP contribution in [0, 0.1) is 11.8 Å². The molecule has 2 aliphatic heterocycles. The van der Waals surface area contributed by atoms with Gasteiger partial charge in [0.25, 0.3) is 11.5 Å². The molecule has 1 aromatic heterocycles. The minimum Gasteiger partial charge on any atom is -0.331 e. The molecule has 1 aromatic carbocycles. The summed E-state index contributed by atoms with van der Waals surface area (Å²) in [6.07, 6.45) is 2.66. The molecular weight excluding hydrogens is 328 g/mol. The van der Waals surface area contributed by atoms with Gasteiger partial charge in [-0.15, -0.1) is 12.4 Å². The van der Waals surface area contributed by atoms with E-state index in [1.54, 1.807) is 0 Å². The van der Waals surface area contributed by atoms with E-state index in [9.17, 15) is 9.59 Å². The lowest BCUT2D eigenvalue weighted by Gasteiger charge is -2.28. The number of halogens is 1. The summed E-state index contributed by atoms with van der Waals surface area (Å²) in [5, 5.41) is 3.42. The van der Waals surface area contributed by atoms with Crippen molar-refractivity contribution in [1.29, 1.82) is 0 Å². The fourth-order valence-electron chi connectivity index (χ4n) is 3.86. The van der Waals surface area contributed by atoms with Crippen LogP contribution in [0.3, 0.4) is 0 Å². The zero-order valence-electron chi connectivity index (χ0n) is 13.0. The first-order valence-corrected chi connectivity index (χ1v) is 7.85. The first-order chi connectivity index (χ1) is 11.3. The lowest BCUT2D eigenvalue weighted by molar-refractivity contribution is 0.0711. The SMILES string of the molecule is Cl.O=C(c1cnc[nH]c1=O)N1C[C@@H]2CNC[C@@H]2[C@H]1c1ccccc1. The van der Waals surface area contributed by atoms with Crippen molar-refractivity contribution in [3.63, 3.8) is 0 Å². The van der Waals surface area contributed by atoms with E-state index in [-0.39, 0.29) is 35.5 Å². The molecule has 6 nitrogen and oxygen atoms in total. The van der Waals surface area contributed by atoms with E-state index in [1.165, 1.54) is 12.5 Å². The quantitative estimate of drug-likeness (QED) is 0.857. The van der Waals surface area contributed by atoms with Gasteiger partial charge in [-0.2, -0.15) is 0 Å². The molecule has 7 heteroatoms. The molecule has 4 rings (SSSR count). The number of nitrogens with zero attached hydrogens (tertiary/aromatic N) is 2. The smallest absolute Gasteiger partial charge is 0.263 e. The van der Waals surface area contributed by atoms with Crippen LogP contribution in [0.25, 0.3) is 0 Å². The molecule has 0 bridgehead atoms. The first kappa shape index (κ1) is 16.7. The second-order valence-electron chi connectivity index (χ2n) is 6.19. The monoisotopic (exact) mass is 346 g/mol. The summed E-state index contributed by atoms with van der Waals surface area (Å²) in [6.45, 7) is 2.49. The predicted molar refractivity (Wildman–Crippen MR) is 92.2 cm³/mol. The van der Waals surface area contributed by atoms with Crippen LogP contribution in [-0.4, -0.2) is 40.4 Å². The molecule has 3 atom stereocenters. The Bertz CT molecular complexity index is 779. The van der Waals surface area contributed by atoms with Gasteiger partial charge < -0.3 is 15.2 Å². The highest BCUT2D eigenvalue weighted by Gasteiger charge is 2.47. The molecule has 0 radical (unpaired) electrons. The van der Waals surface area contributed by atoms with Gasteiger partial charge in [0.1, 0.15) is 5.56 Å². The van der Waals surface area contributed by atoms with Gasteiger partial charge in [0, 0.05) is 31.7 Å². The third-order valence-corrected chi connectivity index (χ3v) is 4.92. The Balaban J connectivity index is 0.00000169. The zero-order valence-corrected chi connectivity index (χ0v) is 13.8. The number of aromatic amines is 1. The molecule has 2 saturated heterocycles. The number of H-pyrrole nitrogens is 1. The van der Waals surface area contributed by atoms with Crippen LogP contribution in [0.5, 0.6) is 0 Å². The van der Waals surface area contributed by atoms with Crippen molar-refractivity contribution in [3.05, 3.63) is 64.3 Å². The second-order valence-corrected chi connectivity index (χ2v) is 6.19. The Hall–Kier alpha value is -2.18. The number of rotatable bonds is 2. The number of amides is 1. The number of hydrogen-bond acceptors (Lipinski definition) is 4. The van der Waals surface area contributed by atoms with Gasteiger partial charge in [-0.3, -0.25) is 9.59 Å². The Morgan fingerprint density at radius 3 is 2.75 bits per heavy atom. The Labute approximate surface area is 145 Å². The van der Waals surface area contributed by atoms with Crippen LogP contribution in [0.1, 0.15) is 22.0 Å². The maximum atomic E-state index is 12.9. The Kier molecular flexibility index (Phi) is 4.69. The summed E-state index contributed by atoms with van der Waals surface area (Å²) in [7, 11) is 0. The molecule has 24 heavy (non-hydrogen) atoms. The summed E-state index contributed by atoms with van der Waals surface area (Å²) in [6, 6.07) is 10.1. The number of likely N-dealkylation sites (tertiary alicyclic amines) is 1. The number of benzene rings is 1. The average Bonchev–Trinajstić information content (AvgIpc) is 3.16. The van der Waals surface area contributed by atoms with E-state index in [4.69, 9.17) is 0 Å². The number of aromatic nitrogens is 2. The Morgan fingerprint density at radius 2 is 2.00 bits per heavy atom. The van der Waals surface area contributed by atoms with E-state index < -0.39 is 0 Å². The molecule has 2 aromatic rings. The van der Waals surface area contributed by atoms with Crippen molar-refractivity contribution in [3.8, 4) is 0 Å². The summed E-state index contributed by atoms with van der Waals surface area (Å²) in [4.78, 5) is 33.1. The van der Waals surface area contributed by atoms with Crippen molar-refractivity contribution in [2.24, 2.45) is 11.8 Å². The molecule has 2 aliphatic rings. The van der Waals surface area contributed by atoms with Crippen LogP contribution in [0.15, 0.2) is 47.7 Å². The second kappa shape index (κ2) is 6.75. The van der Waals surface area contributed by atoms with E-state index in [0.29, 0.717) is 18.4 Å². The third kappa shape index (κ3) is 2.72. The maximum absolute atomic E-state index is 12.9. The van der Waals surface area contributed by atoms with Crippen molar-refractivity contribution in [1.82, 2.24) is 20.2 Å². The third-order valence-electron chi connectivity index (χ3n) is 4.92. The van der Waals surface area contributed by atoms with Crippen LogP contribution >= 0.6 is 12.4 Å².